The molecule has 4 unspecified atom stereocenters. The minimum absolute atomic E-state index is 0. The van der Waals surface area contributed by atoms with Crippen LogP contribution in [0.5, 0.6) is 0 Å². The Morgan fingerprint density at radius 2 is 1.83 bits per heavy atom. The molecule has 6 nitrogen and oxygen atoms in total. The van der Waals surface area contributed by atoms with Crippen LogP contribution in [0.1, 0.15) is 12.8 Å². The number of aliphatic imine (C=N–C) groups is 1. The zero-order valence-corrected chi connectivity index (χ0v) is 16.0. The molecule has 3 aliphatic rings. The number of guanidine groups is 1. The minimum Gasteiger partial charge on any atom is -0.355 e. The second-order valence-electron chi connectivity index (χ2n) is 6.21. The highest BCUT2D eigenvalue weighted by molar-refractivity contribution is 14.0. The van der Waals surface area contributed by atoms with E-state index in [-0.39, 0.29) is 59.5 Å². The summed E-state index contributed by atoms with van der Waals surface area (Å²) in [6, 6.07) is 0. The molecule has 1 aliphatic heterocycles. The summed E-state index contributed by atoms with van der Waals surface area (Å²) in [5.74, 6) is 3.45. The zero-order valence-electron chi connectivity index (χ0n) is 13.7. The lowest BCUT2D eigenvalue weighted by Crippen LogP contribution is -2.43. The number of amides is 2. The van der Waals surface area contributed by atoms with Crippen LogP contribution in [-0.2, 0) is 9.59 Å². The van der Waals surface area contributed by atoms with Crippen molar-refractivity contribution < 1.29 is 9.59 Å². The molecule has 130 valence electrons. The van der Waals surface area contributed by atoms with E-state index in [4.69, 9.17) is 6.42 Å². The maximum absolute atomic E-state index is 12.5. The maximum atomic E-state index is 12.5. The van der Waals surface area contributed by atoms with E-state index in [0.29, 0.717) is 32.0 Å². The number of hydrogen-bond acceptors (Lipinski definition) is 3. The quantitative estimate of drug-likeness (QED) is 0.124. The number of likely N-dealkylation sites (tertiary alicyclic amines) is 1. The van der Waals surface area contributed by atoms with Crippen LogP contribution in [0.4, 0.5) is 0 Å². The topological polar surface area (TPSA) is 73.8 Å². The van der Waals surface area contributed by atoms with Gasteiger partial charge in [0.2, 0.25) is 11.8 Å². The highest BCUT2D eigenvalue weighted by Gasteiger charge is 2.58. The third-order valence-electron chi connectivity index (χ3n) is 4.97. The molecule has 2 amide bonds. The average Bonchev–Trinajstić information content (AvgIpc) is 3.22. The Hall–Kier alpha value is -1.56. The number of hydrogen-bond donors (Lipinski definition) is 2. The van der Waals surface area contributed by atoms with Gasteiger partial charge in [0.05, 0.1) is 11.8 Å². The van der Waals surface area contributed by atoms with E-state index >= 15 is 0 Å². The maximum Gasteiger partial charge on any atom is 0.233 e. The number of halogens is 1. The van der Waals surface area contributed by atoms with Gasteiger partial charge < -0.3 is 10.6 Å². The van der Waals surface area contributed by atoms with Crippen molar-refractivity contribution in [3.8, 4) is 12.3 Å². The van der Waals surface area contributed by atoms with Gasteiger partial charge in [-0.3, -0.25) is 19.5 Å². The summed E-state index contributed by atoms with van der Waals surface area (Å²) >= 11 is 0. The van der Waals surface area contributed by atoms with E-state index in [1.54, 1.807) is 7.05 Å². The SMILES string of the molecule is C#CCCNC(=NC)NCCN1C(=O)C2C3C=CC(C3)C2C1=O.I. The third kappa shape index (κ3) is 3.29. The van der Waals surface area contributed by atoms with Gasteiger partial charge in [-0.25, -0.2) is 0 Å². The zero-order chi connectivity index (χ0) is 16.4. The first-order valence-corrected chi connectivity index (χ1v) is 8.09. The number of imide groups is 1. The predicted octanol–water partition coefficient (Wildman–Crippen LogP) is 0.600. The fraction of sp³-hybridized carbons (Fsp3) is 0.588. The predicted molar refractivity (Wildman–Crippen MR) is 103 cm³/mol. The van der Waals surface area contributed by atoms with Crippen molar-refractivity contribution in [2.24, 2.45) is 28.7 Å². The van der Waals surface area contributed by atoms with Crippen LogP contribution in [0, 0.1) is 36.0 Å². The van der Waals surface area contributed by atoms with E-state index in [2.05, 4.69) is 33.7 Å². The highest BCUT2D eigenvalue weighted by atomic mass is 127. The normalized spacial score (nSPS) is 30.2. The van der Waals surface area contributed by atoms with Crippen molar-refractivity contribution in [2.75, 3.05) is 26.7 Å². The Kier molecular flexibility index (Phi) is 6.27. The Labute approximate surface area is 159 Å². The molecule has 2 fully saturated rings. The molecule has 0 aromatic carbocycles. The number of rotatable bonds is 5. The van der Waals surface area contributed by atoms with Crippen LogP contribution >= 0.6 is 24.0 Å². The van der Waals surface area contributed by atoms with E-state index in [1.807, 2.05) is 0 Å². The summed E-state index contributed by atoms with van der Waals surface area (Å²) in [6.45, 7) is 1.49. The highest BCUT2D eigenvalue weighted by Crippen LogP contribution is 2.52. The first-order valence-electron chi connectivity index (χ1n) is 8.09. The van der Waals surface area contributed by atoms with Crippen molar-refractivity contribution in [2.45, 2.75) is 12.8 Å². The molecular formula is C17H23IN4O2. The van der Waals surface area contributed by atoms with Gasteiger partial charge in [0, 0.05) is 33.1 Å². The lowest BCUT2D eigenvalue weighted by Gasteiger charge is -2.18. The number of carbonyl (C=O) groups is 2. The molecule has 1 heterocycles. The number of nitrogens with one attached hydrogen (secondary N) is 2. The first kappa shape index (κ1) is 18.8. The van der Waals surface area contributed by atoms with E-state index in [0.717, 1.165) is 6.42 Å². The monoisotopic (exact) mass is 442 g/mol. The number of fused-ring (bicyclic) bond motifs is 5. The third-order valence-corrected chi connectivity index (χ3v) is 4.97. The summed E-state index contributed by atoms with van der Waals surface area (Å²) in [5, 5.41) is 6.19. The Morgan fingerprint density at radius 1 is 1.25 bits per heavy atom. The Morgan fingerprint density at radius 3 is 2.38 bits per heavy atom. The molecule has 7 heteroatoms. The second kappa shape index (κ2) is 8.01. The van der Waals surface area contributed by atoms with Gasteiger partial charge in [-0.15, -0.1) is 36.3 Å². The molecule has 2 bridgehead atoms. The number of terminal acetylenes is 1. The number of nitrogens with zero attached hydrogens (tertiary/aromatic N) is 2. The summed E-state index contributed by atoms with van der Waals surface area (Å²) < 4.78 is 0. The summed E-state index contributed by atoms with van der Waals surface area (Å²) in [7, 11) is 1.67. The molecule has 0 aromatic rings. The Bertz CT molecular complexity index is 580. The molecule has 1 saturated heterocycles. The summed E-state index contributed by atoms with van der Waals surface area (Å²) in [6.07, 6.45) is 11.0. The van der Waals surface area contributed by atoms with Gasteiger partial charge in [-0.2, -0.15) is 0 Å². The number of allylic oxidation sites excluding steroid dienone is 2. The summed E-state index contributed by atoms with van der Waals surface area (Å²) in [5.41, 5.74) is 0. The van der Waals surface area contributed by atoms with Crippen LogP contribution in [-0.4, -0.2) is 49.4 Å². The van der Waals surface area contributed by atoms with Crippen LogP contribution in [0.25, 0.3) is 0 Å². The fourth-order valence-electron chi connectivity index (χ4n) is 3.94. The molecule has 0 spiro atoms. The van der Waals surface area contributed by atoms with Crippen LogP contribution in [0.2, 0.25) is 0 Å². The Balaban J connectivity index is 0.00000208. The number of carbonyl (C=O) groups excluding carboxylic acids is 2. The van der Waals surface area contributed by atoms with Crippen molar-refractivity contribution in [3.05, 3.63) is 12.2 Å². The van der Waals surface area contributed by atoms with Gasteiger partial charge in [0.1, 0.15) is 0 Å². The largest absolute Gasteiger partial charge is 0.355 e. The van der Waals surface area contributed by atoms with Crippen LogP contribution in [0.15, 0.2) is 17.1 Å². The molecule has 24 heavy (non-hydrogen) atoms. The minimum atomic E-state index is -0.120. The second-order valence-corrected chi connectivity index (χ2v) is 6.21. The lowest BCUT2D eigenvalue weighted by molar-refractivity contribution is -0.140. The van der Waals surface area contributed by atoms with Gasteiger partial charge >= 0.3 is 0 Å². The van der Waals surface area contributed by atoms with Crippen molar-refractivity contribution >= 4 is 41.8 Å². The van der Waals surface area contributed by atoms with E-state index in [9.17, 15) is 9.59 Å². The average molecular weight is 442 g/mol. The van der Waals surface area contributed by atoms with Gasteiger partial charge in [0.15, 0.2) is 5.96 Å². The molecule has 0 radical (unpaired) electrons. The molecule has 0 aromatic heterocycles. The van der Waals surface area contributed by atoms with Crippen molar-refractivity contribution in [1.29, 1.82) is 0 Å². The lowest BCUT2D eigenvalue weighted by atomic mass is 9.85. The van der Waals surface area contributed by atoms with Gasteiger partial charge in [0.25, 0.3) is 0 Å². The standard InChI is InChI=1S/C17H22N4O2.HI/c1-3-4-7-19-17(18-2)20-8-9-21-15(22)13-11-5-6-12(10-11)14(13)16(21)23;/h1,5-6,11-14H,4,7-10H2,2H3,(H2,18,19,20);1H. The first-order chi connectivity index (χ1) is 11.2. The van der Waals surface area contributed by atoms with Crippen molar-refractivity contribution in [3.63, 3.8) is 0 Å². The van der Waals surface area contributed by atoms with Crippen LogP contribution < -0.4 is 10.6 Å². The molecule has 2 aliphatic carbocycles. The summed E-state index contributed by atoms with van der Waals surface area (Å²) in [4.78, 5) is 30.5. The van der Waals surface area contributed by atoms with Gasteiger partial charge in [-0.05, 0) is 18.3 Å². The van der Waals surface area contributed by atoms with E-state index in [1.165, 1.54) is 4.90 Å². The molecular weight excluding hydrogens is 419 g/mol. The molecule has 3 rings (SSSR count). The van der Waals surface area contributed by atoms with Crippen LogP contribution in [0.3, 0.4) is 0 Å². The van der Waals surface area contributed by atoms with Gasteiger partial charge in [-0.1, -0.05) is 12.2 Å². The fourth-order valence-corrected chi connectivity index (χ4v) is 3.94. The smallest absolute Gasteiger partial charge is 0.233 e. The molecule has 2 N–H and O–H groups in total. The van der Waals surface area contributed by atoms with Crippen molar-refractivity contribution in [1.82, 2.24) is 15.5 Å². The molecule has 4 atom stereocenters. The van der Waals surface area contributed by atoms with E-state index < -0.39 is 0 Å². The molecule has 1 saturated carbocycles.